The van der Waals surface area contributed by atoms with Gasteiger partial charge in [0.25, 0.3) is 0 Å². The lowest BCUT2D eigenvalue weighted by molar-refractivity contribution is -0.141. The van der Waals surface area contributed by atoms with Crippen LogP contribution in [-0.2, 0) is 16.0 Å². The van der Waals surface area contributed by atoms with Gasteiger partial charge in [0.15, 0.2) is 6.04 Å². The summed E-state index contributed by atoms with van der Waals surface area (Å²) in [6.45, 7) is 0. The van der Waals surface area contributed by atoms with Crippen molar-refractivity contribution in [3.05, 3.63) is 56.2 Å². The number of rotatable bonds is 5. The van der Waals surface area contributed by atoms with Crippen LogP contribution in [0.3, 0.4) is 0 Å². The van der Waals surface area contributed by atoms with Crippen molar-refractivity contribution >= 4 is 46.4 Å². The fraction of sp³-hybridized carbons (Fsp3) is 0.143. The van der Waals surface area contributed by atoms with Gasteiger partial charge in [-0.15, -0.1) is 11.3 Å². The average Bonchev–Trinajstić information content (AvgIpc) is 2.92. The maximum Gasteiger partial charge on any atom is 0.331 e. The summed E-state index contributed by atoms with van der Waals surface area (Å²) in [5.41, 5.74) is 0.592. The first kappa shape index (κ1) is 15.8. The third kappa shape index (κ3) is 4.20. The Morgan fingerprint density at radius 3 is 2.62 bits per heavy atom. The molecule has 7 heteroatoms. The summed E-state index contributed by atoms with van der Waals surface area (Å²) >= 11 is 13.1. The number of thiophene rings is 1. The van der Waals surface area contributed by atoms with Crippen molar-refractivity contribution in [1.29, 1.82) is 0 Å². The molecule has 2 aromatic rings. The monoisotopic (exact) mass is 343 g/mol. The second-order valence-corrected chi connectivity index (χ2v) is 6.09. The zero-order chi connectivity index (χ0) is 15.4. The van der Waals surface area contributed by atoms with Crippen LogP contribution in [0.4, 0.5) is 0 Å². The molecular formula is C14H11Cl2NO3S. The zero-order valence-electron chi connectivity index (χ0n) is 10.7. The van der Waals surface area contributed by atoms with Crippen molar-refractivity contribution in [1.82, 2.24) is 5.32 Å². The van der Waals surface area contributed by atoms with Gasteiger partial charge in [-0.05, 0) is 29.1 Å². The van der Waals surface area contributed by atoms with E-state index in [2.05, 4.69) is 5.32 Å². The minimum absolute atomic E-state index is 0.00877. The van der Waals surface area contributed by atoms with E-state index in [9.17, 15) is 14.7 Å². The van der Waals surface area contributed by atoms with Crippen molar-refractivity contribution in [3.8, 4) is 0 Å². The summed E-state index contributed by atoms with van der Waals surface area (Å²) in [5, 5.41) is 14.3. The van der Waals surface area contributed by atoms with Crippen LogP contribution in [0.1, 0.15) is 16.5 Å². The highest BCUT2D eigenvalue weighted by atomic mass is 35.5. The summed E-state index contributed by atoms with van der Waals surface area (Å²) in [6, 6.07) is 7.16. The highest BCUT2D eigenvalue weighted by Crippen LogP contribution is 2.22. The third-order valence-electron chi connectivity index (χ3n) is 2.75. The molecule has 1 heterocycles. The molecule has 0 saturated carbocycles. The molecule has 0 aliphatic rings. The van der Waals surface area contributed by atoms with Crippen LogP contribution in [0.15, 0.2) is 35.7 Å². The number of carboxylic acid groups (broad SMARTS) is 1. The Morgan fingerprint density at radius 1 is 1.29 bits per heavy atom. The standard InChI is InChI=1S/C14H11Cl2NO3S/c15-9-4-3-8(10(16)7-9)6-12(18)17-13(14(19)20)11-2-1-5-21-11/h1-5,7,13H,6H2,(H,17,18)(H,19,20). The average molecular weight is 344 g/mol. The Balaban J connectivity index is 2.08. The second kappa shape index (κ2) is 6.93. The summed E-state index contributed by atoms with van der Waals surface area (Å²) in [6.07, 6.45) is -0.00877. The van der Waals surface area contributed by atoms with Crippen LogP contribution >= 0.6 is 34.5 Å². The predicted octanol–water partition coefficient (Wildman–Crippen LogP) is 3.54. The van der Waals surface area contributed by atoms with Gasteiger partial charge in [-0.3, -0.25) is 4.79 Å². The number of benzene rings is 1. The Hall–Kier alpha value is -1.56. The molecule has 21 heavy (non-hydrogen) atoms. The number of amides is 1. The minimum Gasteiger partial charge on any atom is -0.479 e. The molecule has 0 aliphatic heterocycles. The van der Waals surface area contributed by atoms with Gasteiger partial charge in [-0.1, -0.05) is 35.3 Å². The topological polar surface area (TPSA) is 66.4 Å². The summed E-state index contributed by atoms with van der Waals surface area (Å²) in [7, 11) is 0. The SMILES string of the molecule is O=C(Cc1ccc(Cl)cc1Cl)NC(C(=O)O)c1cccs1. The Labute approximate surface area is 135 Å². The van der Waals surface area contributed by atoms with Crippen LogP contribution < -0.4 is 5.32 Å². The first-order valence-corrected chi connectivity index (χ1v) is 7.60. The van der Waals surface area contributed by atoms with Gasteiger partial charge in [0.1, 0.15) is 0 Å². The van der Waals surface area contributed by atoms with Crippen molar-refractivity contribution in [2.45, 2.75) is 12.5 Å². The van der Waals surface area contributed by atoms with Gasteiger partial charge < -0.3 is 10.4 Å². The largest absolute Gasteiger partial charge is 0.479 e. The van der Waals surface area contributed by atoms with Gasteiger partial charge in [-0.2, -0.15) is 0 Å². The van der Waals surface area contributed by atoms with E-state index < -0.39 is 17.9 Å². The van der Waals surface area contributed by atoms with Crippen molar-refractivity contribution in [2.24, 2.45) is 0 Å². The van der Waals surface area contributed by atoms with Gasteiger partial charge in [0.05, 0.1) is 6.42 Å². The fourth-order valence-corrected chi connectivity index (χ4v) is 3.00. The Morgan fingerprint density at radius 2 is 2.05 bits per heavy atom. The van der Waals surface area contributed by atoms with E-state index in [1.807, 2.05) is 0 Å². The Bertz CT molecular complexity index is 658. The molecule has 0 radical (unpaired) electrons. The van der Waals surface area contributed by atoms with Gasteiger partial charge >= 0.3 is 5.97 Å². The first-order valence-electron chi connectivity index (χ1n) is 5.97. The van der Waals surface area contributed by atoms with E-state index in [0.717, 1.165) is 0 Å². The summed E-state index contributed by atoms with van der Waals surface area (Å²) in [5.74, 6) is -1.52. The zero-order valence-corrected chi connectivity index (χ0v) is 13.0. The van der Waals surface area contributed by atoms with Gasteiger partial charge in [-0.25, -0.2) is 4.79 Å². The van der Waals surface area contributed by atoms with Gasteiger partial charge in [0.2, 0.25) is 5.91 Å². The molecule has 0 fully saturated rings. The van der Waals surface area contributed by atoms with E-state index in [4.69, 9.17) is 23.2 Å². The second-order valence-electron chi connectivity index (χ2n) is 4.27. The lowest BCUT2D eigenvalue weighted by Crippen LogP contribution is -2.34. The summed E-state index contributed by atoms with van der Waals surface area (Å²) in [4.78, 5) is 23.8. The number of hydrogen-bond acceptors (Lipinski definition) is 3. The number of hydrogen-bond donors (Lipinski definition) is 2. The molecule has 0 aliphatic carbocycles. The van der Waals surface area contributed by atoms with Crippen LogP contribution in [0.25, 0.3) is 0 Å². The van der Waals surface area contributed by atoms with E-state index >= 15 is 0 Å². The van der Waals surface area contributed by atoms with E-state index in [1.54, 1.807) is 35.7 Å². The third-order valence-corrected chi connectivity index (χ3v) is 4.27. The molecule has 1 aromatic carbocycles. The van der Waals surface area contributed by atoms with Crippen LogP contribution in [-0.4, -0.2) is 17.0 Å². The van der Waals surface area contributed by atoms with Crippen LogP contribution in [0, 0.1) is 0 Å². The molecule has 4 nitrogen and oxygen atoms in total. The highest BCUT2D eigenvalue weighted by molar-refractivity contribution is 7.10. The number of carbonyl (C=O) groups is 2. The molecule has 0 saturated heterocycles. The molecule has 1 amide bonds. The number of halogens is 2. The normalized spacial score (nSPS) is 11.9. The maximum atomic E-state index is 12.0. The van der Waals surface area contributed by atoms with E-state index in [-0.39, 0.29) is 6.42 Å². The van der Waals surface area contributed by atoms with Crippen molar-refractivity contribution in [3.63, 3.8) is 0 Å². The van der Waals surface area contributed by atoms with Crippen LogP contribution in [0.5, 0.6) is 0 Å². The minimum atomic E-state index is -1.10. The number of carbonyl (C=O) groups excluding carboxylic acids is 1. The molecule has 1 atom stereocenters. The molecule has 0 bridgehead atoms. The predicted molar refractivity (Wildman–Crippen MR) is 83.0 cm³/mol. The van der Waals surface area contributed by atoms with E-state index in [1.165, 1.54) is 11.3 Å². The number of aliphatic carboxylic acids is 1. The first-order chi connectivity index (χ1) is 9.97. The summed E-state index contributed by atoms with van der Waals surface area (Å²) < 4.78 is 0. The molecule has 0 spiro atoms. The van der Waals surface area contributed by atoms with Crippen LogP contribution in [0.2, 0.25) is 10.0 Å². The maximum absolute atomic E-state index is 12.0. The van der Waals surface area contributed by atoms with Gasteiger partial charge in [0, 0.05) is 14.9 Å². The molecule has 1 unspecified atom stereocenters. The molecule has 1 aromatic heterocycles. The highest BCUT2D eigenvalue weighted by Gasteiger charge is 2.23. The molecular weight excluding hydrogens is 333 g/mol. The molecule has 110 valence electrons. The molecule has 2 N–H and O–H groups in total. The van der Waals surface area contributed by atoms with Crippen molar-refractivity contribution < 1.29 is 14.7 Å². The quantitative estimate of drug-likeness (QED) is 0.872. The Kier molecular flexibility index (Phi) is 5.22. The lowest BCUT2D eigenvalue weighted by atomic mass is 10.1. The number of nitrogens with one attached hydrogen (secondary N) is 1. The number of carboxylic acids is 1. The smallest absolute Gasteiger partial charge is 0.331 e. The van der Waals surface area contributed by atoms with Crippen molar-refractivity contribution in [2.75, 3.05) is 0 Å². The molecule has 2 rings (SSSR count). The fourth-order valence-electron chi connectivity index (χ4n) is 1.76. The van der Waals surface area contributed by atoms with E-state index in [0.29, 0.717) is 20.5 Å². The lowest BCUT2D eigenvalue weighted by Gasteiger charge is -2.13.